The van der Waals surface area contributed by atoms with Crippen LogP contribution < -0.4 is 20.1 Å². The van der Waals surface area contributed by atoms with Gasteiger partial charge in [0.1, 0.15) is 11.5 Å². The summed E-state index contributed by atoms with van der Waals surface area (Å²) in [6, 6.07) is 14.1. The molecule has 0 saturated heterocycles. The molecule has 0 aliphatic rings. The average molecular weight is 453 g/mol. The lowest BCUT2D eigenvalue weighted by molar-refractivity contribution is -0.117. The number of benzene rings is 2. The Morgan fingerprint density at radius 1 is 1.00 bits per heavy atom. The smallest absolute Gasteiger partial charge is 0.240 e. The van der Waals surface area contributed by atoms with Crippen molar-refractivity contribution in [2.24, 2.45) is 0 Å². The van der Waals surface area contributed by atoms with Crippen LogP contribution in [0, 0.1) is 0 Å². The highest BCUT2D eigenvalue weighted by Crippen LogP contribution is 2.18. The van der Waals surface area contributed by atoms with Crippen molar-refractivity contribution in [1.29, 1.82) is 0 Å². The van der Waals surface area contributed by atoms with E-state index in [-0.39, 0.29) is 25.0 Å². The van der Waals surface area contributed by atoms with Crippen molar-refractivity contribution < 1.29 is 23.6 Å². The van der Waals surface area contributed by atoms with E-state index in [1.54, 1.807) is 55.6 Å². The van der Waals surface area contributed by atoms with E-state index in [9.17, 15) is 9.59 Å². The van der Waals surface area contributed by atoms with Gasteiger partial charge in [0.15, 0.2) is 6.61 Å². The van der Waals surface area contributed by atoms with Gasteiger partial charge in [-0.25, -0.2) is 0 Å². The van der Waals surface area contributed by atoms with E-state index in [4.69, 9.17) is 14.0 Å². The highest BCUT2D eigenvalue weighted by molar-refractivity contribution is 5.93. The van der Waals surface area contributed by atoms with Gasteiger partial charge in [0.05, 0.1) is 20.2 Å². The maximum Gasteiger partial charge on any atom is 0.240 e. The van der Waals surface area contributed by atoms with Crippen molar-refractivity contribution >= 4 is 23.2 Å². The van der Waals surface area contributed by atoms with Gasteiger partial charge in [-0.1, -0.05) is 12.1 Å². The predicted molar refractivity (Wildman–Crippen MR) is 122 cm³/mol. The van der Waals surface area contributed by atoms with E-state index < -0.39 is 0 Å². The van der Waals surface area contributed by atoms with Crippen LogP contribution in [-0.2, 0) is 22.7 Å². The molecule has 0 unspecified atom stereocenters. The molecule has 0 fully saturated rings. The van der Waals surface area contributed by atoms with Crippen molar-refractivity contribution in [3.8, 4) is 11.5 Å². The Balaban J connectivity index is 1.47. The zero-order chi connectivity index (χ0) is 23.6. The number of hydrogen-bond acceptors (Lipinski definition) is 8. The van der Waals surface area contributed by atoms with E-state index in [0.29, 0.717) is 41.9 Å². The van der Waals surface area contributed by atoms with Crippen LogP contribution in [0.4, 0.5) is 11.4 Å². The number of anilines is 2. The summed E-state index contributed by atoms with van der Waals surface area (Å²) in [5.74, 6) is 1.90. The molecule has 0 radical (unpaired) electrons. The Morgan fingerprint density at radius 3 is 2.24 bits per heavy atom. The SMILES string of the molecule is CCN(CC(=O)Nc1ccc(NC(C)=O)cc1)Cc1nc(COc2ccc(OC)cc2)no1. The molecular weight excluding hydrogens is 426 g/mol. The topological polar surface area (TPSA) is 119 Å². The van der Waals surface area contributed by atoms with Crippen molar-refractivity contribution in [2.75, 3.05) is 30.8 Å². The Morgan fingerprint density at radius 2 is 1.64 bits per heavy atom. The molecule has 3 rings (SSSR count). The van der Waals surface area contributed by atoms with Gasteiger partial charge in [0, 0.05) is 18.3 Å². The summed E-state index contributed by atoms with van der Waals surface area (Å²) in [6.07, 6.45) is 0. The number of nitrogens with zero attached hydrogens (tertiary/aromatic N) is 3. The second-order valence-corrected chi connectivity index (χ2v) is 7.18. The van der Waals surface area contributed by atoms with Gasteiger partial charge >= 0.3 is 0 Å². The van der Waals surface area contributed by atoms with Crippen LogP contribution in [-0.4, -0.2) is 47.1 Å². The Labute approximate surface area is 191 Å². The summed E-state index contributed by atoms with van der Waals surface area (Å²) in [6.45, 7) is 4.66. The Kier molecular flexibility index (Phi) is 8.36. The van der Waals surface area contributed by atoms with Crippen LogP contribution in [0.15, 0.2) is 53.1 Å². The van der Waals surface area contributed by atoms with E-state index in [1.165, 1.54) is 6.92 Å². The number of likely N-dealkylation sites (N-methyl/N-ethyl adjacent to an activating group) is 1. The fraction of sp³-hybridized carbons (Fsp3) is 0.304. The molecule has 3 aromatic rings. The van der Waals surface area contributed by atoms with Crippen LogP contribution >= 0.6 is 0 Å². The van der Waals surface area contributed by atoms with Crippen molar-refractivity contribution in [3.05, 3.63) is 60.2 Å². The summed E-state index contributed by atoms with van der Waals surface area (Å²) >= 11 is 0. The standard InChI is InChI=1S/C23H27N5O5/c1-4-28(13-22(30)25-18-7-5-17(6-8-18)24-16(2)29)14-23-26-21(27-33-23)15-32-20-11-9-19(31-3)10-12-20/h5-12H,4,13-15H2,1-3H3,(H,24,29)(H,25,30). The van der Waals surface area contributed by atoms with E-state index >= 15 is 0 Å². The summed E-state index contributed by atoms with van der Waals surface area (Å²) in [4.78, 5) is 29.7. The summed E-state index contributed by atoms with van der Waals surface area (Å²) in [7, 11) is 1.60. The molecule has 0 saturated carbocycles. The van der Waals surface area contributed by atoms with Crippen LogP contribution in [0.2, 0.25) is 0 Å². The van der Waals surface area contributed by atoms with Crippen LogP contribution in [0.3, 0.4) is 0 Å². The fourth-order valence-corrected chi connectivity index (χ4v) is 2.95. The molecule has 2 aromatic carbocycles. The van der Waals surface area contributed by atoms with Gasteiger partial charge in [-0.2, -0.15) is 4.98 Å². The molecule has 2 N–H and O–H groups in total. The first-order valence-corrected chi connectivity index (χ1v) is 10.4. The van der Waals surface area contributed by atoms with Gasteiger partial charge in [0.2, 0.25) is 23.5 Å². The van der Waals surface area contributed by atoms with Crippen LogP contribution in [0.5, 0.6) is 11.5 Å². The molecule has 174 valence electrons. The van der Waals surface area contributed by atoms with Gasteiger partial charge in [0.25, 0.3) is 0 Å². The Hall–Kier alpha value is -3.92. The third kappa shape index (κ3) is 7.62. The number of nitrogens with one attached hydrogen (secondary N) is 2. The summed E-state index contributed by atoms with van der Waals surface area (Å²) < 4.78 is 16.1. The molecule has 1 heterocycles. The number of amides is 2. The van der Waals surface area contributed by atoms with E-state index in [0.717, 1.165) is 5.75 Å². The average Bonchev–Trinajstić information content (AvgIpc) is 3.25. The normalized spacial score (nSPS) is 10.7. The van der Waals surface area contributed by atoms with E-state index in [2.05, 4.69) is 20.8 Å². The van der Waals surface area contributed by atoms with Crippen molar-refractivity contribution in [1.82, 2.24) is 15.0 Å². The maximum atomic E-state index is 12.4. The predicted octanol–water partition coefficient (Wildman–Crippen LogP) is 3.08. The molecule has 2 amide bonds. The van der Waals surface area contributed by atoms with E-state index in [1.807, 2.05) is 11.8 Å². The fourth-order valence-electron chi connectivity index (χ4n) is 2.95. The van der Waals surface area contributed by atoms with Crippen LogP contribution in [0.1, 0.15) is 25.6 Å². The highest BCUT2D eigenvalue weighted by Gasteiger charge is 2.15. The van der Waals surface area contributed by atoms with Crippen molar-refractivity contribution in [2.45, 2.75) is 27.0 Å². The minimum Gasteiger partial charge on any atom is -0.497 e. The molecule has 0 atom stereocenters. The van der Waals surface area contributed by atoms with Gasteiger partial charge in [-0.15, -0.1) is 0 Å². The maximum absolute atomic E-state index is 12.4. The summed E-state index contributed by atoms with van der Waals surface area (Å²) in [5.41, 5.74) is 1.31. The lowest BCUT2D eigenvalue weighted by Crippen LogP contribution is -2.32. The number of hydrogen-bond donors (Lipinski definition) is 2. The zero-order valence-electron chi connectivity index (χ0n) is 18.8. The molecule has 10 heteroatoms. The molecule has 0 aliphatic heterocycles. The number of ether oxygens (including phenoxy) is 2. The number of rotatable bonds is 11. The third-order valence-electron chi connectivity index (χ3n) is 4.60. The molecule has 0 bridgehead atoms. The molecule has 0 spiro atoms. The van der Waals surface area contributed by atoms with Crippen molar-refractivity contribution in [3.63, 3.8) is 0 Å². The number of carbonyl (C=O) groups excluding carboxylic acids is 2. The quantitative estimate of drug-likeness (QED) is 0.455. The number of carbonyl (C=O) groups is 2. The highest BCUT2D eigenvalue weighted by atomic mass is 16.5. The first-order chi connectivity index (χ1) is 15.9. The molecule has 0 aliphatic carbocycles. The lowest BCUT2D eigenvalue weighted by Gasteiger charge is -2.17. The molecule has 33 heavy (non-hydrogen) atoms. The zero-order valence-corrected chi connectivity index (χ0v) is 18.8. The van der Waals surface area contributed by atoms with Gasteiger partial charge in [-0.3, -0.25) is 14.5 Å². The lowest BCUT2D eigenvalue weighted by atomic mass is 10.2. The summed E-state index contributed by atoms with van der Waals surface area (Å²) in [5, 5.41) is 9.45. The molecule has 10 nitrogen and oxygen atoms in total. The monoisotopic (exact) mass is 453 g/mol. The van der Waals surface area contributed by atoms with Crippen LogP contribution in [0.25, 0.3) is 0 Å². The number of aromatic nitrogens is 2. The van der Waals surface area contributed by atoms with Gasteiger partial charge in [-0.05, 0) is 55.1 Å². The van der Waals surface area contributed by atoms with Gasteiger partial charge < -0.3 is 24.6 Å². The second-order valence-electron chi connectivity index (χ2n) is 7.18. The first kappa shape index (κ1) is 23.7. The largest absolute Gasteiger partial charge is 0.497 e. The minimum absolute atomic E-state index is 0.151. The first-order valence-electron chi connectivity index (χ1n) is 10.4. The molecule has 1 aromatic heterocycles. The minimum atomic E-state index is -0.174. The molecular formula is C23H27N5O5. The third-order valence-corrected chi connectivity index (χ3v) is 4.60. The number of methoxy groups -OCH3 is 1. The Bertz CT molecular complexity index is 1050. The second kappa shape index (κ2) is 11.6.